The average molecular weight is 205 g/mol. The summed E-state index contributed by atoms with van der Waals surface area (Å²) in [6.07, 6.45) is 1.70. The molecule has 3 nitrogen and oxygen atoms in total. The lowest BCUT2D eigenvalue weighted by molar-refractivity contribution is 0.626. The molecule has 0 saturated heterocycles. The first-order valence-corrected chi connectivity index (χ1v) is 4.72. The molecule has 1 aromatic carbocycles. The summed E-state index contributed by atoms with van der Waals surface area (Å²) >= 11 is 0. The molecule has 0 aliphatic rings. The molecule has 0 spiro atoms. The van der Waals surface area contributed by atoms with Crippen LogP contribution in [-0.4, -0.2) is 9.97 Å². The summed E-state index contributed by atoms with van der Waals surface area (Å²) in [7, 11) is 0. The van der Waals surface area contributed by atoms with Crippen molar-refractivity contribution in [2.75, 3.05) is 5.73 Å². The van der Waals surface area contributed by atoms with Crippen molar-refractivity contribution >= 4 is 5.95 Å². The van der Waals surface area contributed by atoms with Gasteiger partial charge in [-0.15, -0.1) is 0 Å². The number of rotatable bonds is 2. The summed E-state index contributed by atoms with van der Waals surface area (Å²) in [6, 6.07) is 6.42. The topological polar surface area (TPSA) is 54.7 Å². The molecule has 2 aromatic rings. The summed E-state index contributed by atoms with van der Waals surface area (Å²) < 4.78 is 12.7. The minimum Gasteiger partial charge on any atom is -0.369 e. The Morgan fingerprint density at radius 2 is 2.00 bits per heavy atom. The lowest BCUT2D eigenvalue weighted by Gasteiger charge is -2.08. The Kier molecular flexibility index (Phi) is 2.41. The van der Waals surface area contributed by atoms with E-state index in [4.69, 9.17) is 5.73 Å². The quantitative estimate of drug-likeness (QED) is 0.790. The number of nitrogens with two attached hydrogens (primary N) is 1. The Bertz CT molecular complexity index is 447. The molecule has 3 N–H and O–H groups in total. The fourth-order valence-electron chi connectivity index (χ4n) is 1.50. The van der Waals surface area contributed by atoms with Crippen molar-refractivity contribution < 1.29 is 4.39 Å². The molecule has 4 heteroatoms. The van der Waals surface area contributed by atoms with Crippen LogP contribution in [0, 0.1) is 5.82 Å². The first-order valence-electron chi connectivity index (χ1n) is 4.72. The van der Waals surface area contributed by atoms with E-state index in [1.807, 2.05) is 6.92 Å². The maximum absolute atomic E-state index is 12.7. The number of nitrogen functional groups attached to an aromatic ring is 1. The summed E-state index contributed by atoms with van der Waals surface area (Å²) in [5.41, 5.74) is 7.45. The van der Waals surface area contributed by atoms with E-state index in [9.17, 15) is 4.39 Å². The number of imidazole rings is 1. The molecule has 78 valence electrons. The fourth-order valence-corrected chi connectivity index (χ4v) is 1.50. The average Bonchev–Trinajstić information content (AvgIpc) is 2.65. The van der Waals surface area contributed by atoms with Gasteiger partial charge in [0.15, 0.2) is 5.95 Å². The Hall–Kier alpha value is -1.84. The van der Waals surface area contributed by atoms with Crippen molar-refractivity contribution in [3.05, 3.63) is 47.5 Å². The maximum Gasteiger partial charge on any atom is 0.197 e. The largest absolute Gasteiger partial charge is 0.369 e. The van der Waals surface area contributed by atoms with E-state index in [0.717, 1.165) is 11.3 Å². The van der Waals surface area contributed by atoms with Crippen molar-refractivity contribution in [2.24, 2.45) is 0 Å². The second-order valence-corrected chi connectivity index (χ2v) is 3.50. The Balaban J connectivity index is 2.28. The molecular formula is C11H12FN3. The Morgan fingerprint density at radius 1 is 1.33 bits per heavy atom. The molecule has 1 aromatic heterocycles. The van der Waals surface area contributed by atoms with Gasteiger partial charge in [0.1, 0.15) is 5.82 Å². The number of H-pyrrole nitrogens is 1. The molecule has 2 rings (SSSR count). The molecule has 1 unspecified atom stereocenters. The lowest BCUT2D eigenvalue weighted by atomic mass is 9.98. The van der Waals surface area contributed by atoms with Crippen molar-refractivity contribution in [2.45, 2.75) is 12.8 Å². The van der Waals surface area contributed by atoms with Crippen LogP contribution in [0.3, 0.4) is 0 Å². The molecular weight excluding hydrogens is 193 g/mol. The normalized spacial score (nSPS) is 12.7. The van der Waals surface area contributed by atoms with E-state index in [0.29, 0.717) is 5.95 Å². The number of hydrogen-bond acceptors (Lipinski definition) is 2. The smallest absolute Gasteiger partial charge is 0.197 e. The second-order valence-electron chi connectivity index (χ2n) is 3.50. The van der Waals surface area contributed by atoms with Crippen LogP contribution in [0.1, 0.15) is 24.1 Å². The zero-order valence-electron chi connectivity index (χ0n) is 8.37. The lowest BCUT2D eigenvalue weighted by Crippen LogP contribution is -1.97. The van der Waals surface area contributed by atoms with Gasteiger partial charge in [-0.05, 0) is 17.7 Å². The number of aromatic nitrogens is 2. The third-order valence-electron chi connectivity index (χ3n) is 2.45. The summed E-state index contributed by atoms with van der Waals surface area (Å²) in [5, 5.41) is 0. The van der Waals surface area contributed by atoms with Gasteiger partial charge in [-0.25, -0.2) is 9.37 Å². The number of nitrogens with one attached hydrogen (secondary N) is 1. The predicted octanol–water partition coefficient (Wildman–Crippen LogP) is 2.28. The fraction of sp³-hybridized carbons (Fsp3) is 0.182. The standard InChI is InChI=1S/C11H12FN3/c1-7(10-6-14-11(13)15-10)8-2-4-9(12)5-3-8/h2-7H,1H3,(H3,13,14,15). The number of benzene rings is 1. The van der Waals surface area contributed by atoms with E-state index in [1.54, 1.807) is 18.3 Å². The van der Waals surface area contributed by atoms with Gasteiger partial charge in [-0.2, -0.15) is 0 Å². The Morgan fingerprint density at radius 3 is 2.53 bits per heavy atom. The minimum atomic E-state index is -0.227. The molecule has 1 heterocycles. The monoisotopic (exact) mass is 205 g/mol. The molecule has 15 heavy (non-hydrogen) atoms. The zero-order valence-corrected chi connectivity index (χ0v) is 8.37. The van der Waals surface area contributed by atoms with Gasteiger partial charge in [0.25, 0.3) is 0 Å². The van der Waals surface area contributed by atoms with Crippen molar-refractivity contribution in [3.8, 4) is 0 Å². The molecule has 0 amide bonds. The molecule has 0 radical (unpaired) electrons. The molecule has 0 saturated carbocycles. The highest BCUT2D eigenvalue weighted by molar-refractivity contribution is 5.30. The highest BCUT2D eigenvalue weighted by Gasteiger charge is 2.10. The van der Waals surface area contributed by atoms with Gasteiger partial charge in [-0.1, -0.05) is 19.1 Å². The van der Waals surface area contributed by atoms with E-state index >= 15 is 0 Å². The Labute approximate surface area is 87.2 Å². The van der Waals surface area contributed by atoms with Crippen LogP contribution < -0.4 is 5.73 Å². The third-order valence-corrected chi connectivity index (χ3v) is 2.45. The van der Waals surface area contributed by atoms with Gasteiger partial charge >= 0.3 is 0 Å². The van der Waals surface area contributed by atoms with E-state index in [1.165, 1.54) is 12.1 Å². The summed E-state index contributed by atoms with van der Waals surface area (Å²) in [6.45, 7) is 2.01. The van der Waals surface area contributed by atoms with E-state index in [2.05, 4.69) is 9.97 Å². The SMILES string of the molecule is CC(c1ccc(F)cc1)c1cnc(N)[nH]1. The highest BCUT2D eigenvalue weighted by atomic mass is 19.1. The van der Waals surface area contributed by atoms with Crippen LogP contribution in [0.15, 0.2) is 30.5 Å². The van der Waals surface area contributed by atoms with Crippen LogP contribution in [0.25, 0.3) is 0 Å². The van der Waals surface area contributed by atoms with Crippen molar-refractivity contribution in [1.82, 2.24) is 9.97 Å². The van der Waals surface area contributed by atoms with E-state index < -0.39 is 0 Å². The van der Waals surface area contributed by atoms with Crippen molar-refractivity contribution in [1.29, 1.82) is 0 Å². The van der Waals surface area contributed by atoms with Gasteiger partial charge in [0, 0.05) is 11.6 Å². The second kappa shape index (κ2) is 3.73. The van der Waals surface area contributed by atoms with Crippen LogP contribution in [0.2, 0.25) is 0 Å². The van der Waals surface area contributed by atoms with Crippen LogP contribution in [-0.2, 0) is 0 Å². The molecule has 1 atom stereocenters. The zero-order chi connectivity index (χ0) is 10.8. The predicted molar refractivity (Wildman–Crippen MR) is 56.9 cm³/mol. The van der Waals surface area contributed by atoms with Gasteiger partial charge in [-0.3, -0.25) is 0 Å². The number of halogens is 1. The molecule has 0 aliphatic carbocycles. The van der Waals surface area contributed by atoms with Gasteiger partial charge in [0.2, 0.25) is 0 Å². The number of aromatic amines is 1. The number of anilines is 1. The van der Waals surface area contributed by atoms with Crippen LogP contribution >= 0.6 is 0 Å². The minimum absolute atomic E-state index is 0.135. The van der Waals surface area contributed by atoms with Crippen LogP contribution in [0.4, 0.5) is 10.3 Å². The highest BCUT2D eigenvalue weighted by Crippen LogP contribution is 2.22. The number of hydrogen-bond donors (Lipinski definition) is 2. The van der Waals surface area contributed by atoms with Gasteiger partial charge < -0.3 is 10.7 Å². The van der Waals surface area contributed by atoms with Gasteiger partial charge in [0.05, 0.1) is 6.20 Å². The molecule has 0 bridgehead atoms. The molecule has 0 aliphatic heterocycles. The first kappa shape index (κ1) is 9.71. The number of nitrogens with zero attached hydrogens (tertiary/aromatic N) is 1. The van der Waals surface area contributed by atoms with E-state index in [-0.39, 0.29) is 11.7 Å². The first-order chi connectivity index (χ1) is 7.16. The molecule has 0 fully saturated rings. The van der Waals surface area contributed by atoms with Crippen LogP contribution in [0.5, 0.6) is 0 Å². The van der Waals surface area contributed by atoms with Crippen molar-refractivity contribution in [3.63, 3.8) is 0 Å². The third kappa shape index (κ3) is 1.98. The summed E-state index contributed by atoms with van der Waals surface area (Å²) in [4.78, 5) is 6.89. The maximum atomic E-state index is 12.7. The summed E-state index contributed by atoms with van der Waals surface area (Å²) in [5.74, 6) is 0.310.